The van der Waals surface area contributed by atoms with Crippen LogP contribution in [0.25, 0.3) is 0 Å². The number of aliphatic hydroxyl groups excluding tert-OH is 1. The van der Waals surface area contributed by atoms with E-state index in [-0.39, 0.29) is 29.6 Å². The largest absolute Gasteiger partial charge is 0.444 e. The summed E-state index contributed by atoms with van der Waals surface area (Å²) >= 11 is 0. The highest BCUT2D eigenvalue weighted by Crippen LogP contribution is 2.49. The van der Waals surface area contributed by atoms with Gasteiger partial charge in [0.2, 0.25) is 0 Å². The SMILES string of the molecule is CC(C)(C)OC(=O)N[C@]1(C)CC[C@H](CO)C1(C)C. The van der Waals surface area contributed by atoms with E-state index < -0.39 is 5.60 Å². The van der Waals surface area contributed by atoms with Gasteiger partial charge in [-0.3, -0.25) is 0 Å². The van der Waals surface area contributed by atoms with Gasteiger partial charge in [0.15, 0.2) is 0 Å². The molecule has 0 spiro atoms. The summed E-state index contributed by atoms with van der Waals surface area (Å²) in [5, 5.41) is 12.4. The van der Waals surface area contributed by atoms with Gasteiger partial charge in [-0.2, -0.15) is 0 Å². The van der Waals surface area contributed by atoms with E-state index in [1.165, 1.54) is 0 Å². The standard InChI is InChI=1S/C14H27NO3/c1-12(2,3)18-11(17)15-14(6)8-7-10(9-16)13(14,4)5/h10,16H,7-9H2,1-6H3,(H,15,17)/t10-,14-/m1/s1. The van der Waals surface area contributed by atoms with Crippen LogP contribution in [0.1, 0.15) is 54.4 Å². The van der Waals surface area contributed by atoms with Crippen LogP contribution in [0.4, 0.5) is 4.79 Å². The summed E-state index contributed by atoms with van der Waals surface area (Å²) in [6.45, 7) is 11.9. The van der Waals surface area contributed by atoms with Gasteiger partial charge >= 0.3 is 6.09 Å². The van der Waals surface area contributed by atoms with Crippen molar-refractivity contribution in [2.45, 2.75) is 65.5 Å². The molecular formula is C14H27NO3. The molecule has 0 saturated heterocycles. The Balaban J connectivity index is 2.74. The first-order chi connectivity index (χ1) is 8.02. The van der Waals surface area contributed by atoms with Crippen molar-refractivity contribution in [2.75, 3.05) is 6.61 Å². The van der Waals surface area contributed by atoms with Crippen LogP contribution in [0, 0.1) is 11.3 Å². The Hall–Kier alpha value is -0.770. The Labute approximate surface area is 110 Å². The second kappa shape index (κ2) is 4.72. The average Bonchev–Trinajstić information content (AvgIpc) is 2.34. The molecular weight excluding hydrogens is 230 g/mol. The highest BCUT2D eigenvalue weighted by Gasteiger charge is 2.52. The lowest BCUT2D eigenvalue weighted by atomic mass is 9.71. The lowest BCUT2D eigenvalue weighted by molar-refractivity contribution is 0.0306. The molecule has 0 aromatic carbocycles. The number of alkyl carbamates (subject to hydrolysis) is 1. The summed E-state index contributed by atoms with van der Waals surface area (Å²) in [7, 11) is 0. The number of aliphatic hydroxyl groups is 1. The van der Waals surface area contributed by atoms with Crippen LogP contribution in [0.3, 0.4) is 0 Å². The molecule has 4 nitrogen and oxygen atoms in total. The maximum atomic E-state index is 11.9. The minimum Gasteiger partial charge on any atom is -0.444 e. The first-order valence-electron chi connectivity index (χ1n) is 6.64. The maximum Gasteiger partial charge on any atom is 0.408 e. The van der Waals surface area contributed by atoms with E-state index in [1.54, 1.807) is 0 Å². The van der Waals surface area contributed by atoms with Gasteiger partial charge in [0.25, 0.3) is 0 Å². The van der Waals surface area contributed by atoms with E-state index in [1.807, 2.05) is 27.7 Å². The van der Waals surface area contributed by atoms with Gasteiger partial charge in [0.1, 0.15) is 5.60 Å². The zero-order valence-corrected chi connectivity index (χ0v) is 12.5. The van der Waals surface area contributed by atoms with Gasteiger partial charge in [0.05, 0.1) is 0 Å². The Bertz CT molecular complexity index is 319. The second-order valence-corrected chi connectivity index (χ2v) is 7.10. The van der Waals surface area contributed by atoms with Gasteiger partial charge < -0.3 is 15.2 Å². The number of carbonyl (C=O) groups excluding carboxylic acids is 1. The van der Waals surface area contributed by atoms with Crippen LogP contribution in [0.2, 0.25) is 0 Å². The zero-order chi connectivity index (χ0) is 14.2. The highest BCUT2D eigenvalue weighted by atomic mass is 16.6. The summed E-state index contributed by atoms with van der Waals surface area (Å²) in [4.78, 5) is 11.9. The fourth-order valence-electron chi connectivity index (χ4n) is 2.67. The van der Waals surface area contributed by atoms with Gasteiger partial charge in [-0.05, 0) is 51.9 Å². The monoisotopic (exact) mass is 257 g/mol. The molecule has 0 aromatic heterocycles. The predicted molar refractivity (Wildman–Crippen MR) is 71.4 cm³/mol. The summed E-state index contributed by atoms with van der Waals surface area (Å²) in [6, 6.07) is 0. The Morgan fingerprint density at radius 3 is 2.33 bits per heavy atom. The minimum absolute atomic E-state index is 0.140. The maximum absolute atomic E-state index is 11.9. The number of rotatable bonds is 2. The summed E-state index contributed by atoms with van der Waals surface area (Å²) in [5.41, 5.74) is -0.957. The predicted octanol–water partition coefficient (Wildman–Crippen LogP) is 2.70. The molecule has 2 N–H and O–H groups in total. The molecule has 106 valence electrons. The van der Waals surface area contributed by atoms with Crippen molar-refractivity contribution in [3.8, 4) is 0 Å². The first-order valence-corrected chi connectivity index (χ1v) is 6.64. The van der Waals surface area contributed by atoms with Crippen molar-refractivity contribution < 1.29 is 14.6 Å². The summed E-state index contributed by atoms with van der Waals surface area (Å²) in [5.74, 6) is 0.220. The molecule has 1 aliphatic rings. The van der Waals surface area contributed by atoms with E-state index in [2.05, 4.69) is 19.2 Å². The van der Waals surface area contributed by atoms with E-state index >= 15 is 0 Å². The van der Waals surface area contributed by atoms with Crippen LogP contribution < -0.4 is 5.32 Å². The van der Waals surface area contributed by atoms with E-state index in [9.17, 15) is 9.90 Å². The highest BCUT2D eigenvalue weighted by molar-refractivity contribution is 5.69. The Morgan fingerprint density at radius 2 is 1.94 bits per heavy atom. The lowest BCUT2D eigenvalue weighted by Crippen LogP contribution is -2.55. The van der Waals surface area contributed by atoms with Crippen molar-refractivity contribution in [1.29, 1.82) is 0 Å². The van der Waals surface area contributed by atoms with Crippen molar-refractivity contribution in [1.82, 2.24) is 5.32 Å². The molecule has 2 atom stereocenters. The van der Waals surface area contributed by atoms with Crippen molar-refractivity contribution >= 4 is 6.09 Å². The van der Waals surface area contributed by atoms with Crippen molar-refractivity contribution in [3.05, 3.63) is 0 Å². The molecule has 1 aliphatic carbocycles. The number of carbonyl (C=O) groups is 1. The normalized spacial score (nSPS) is 31.2. The van der Waals surface area contributed by atoms with Crippen molar-refractivity contribution in [3.63, 3.8) is 0 Å². The van der Waals surface area contributed by atoms with Gasteiger partial charge in [-0.25, -0.2) is 4.79 Å². The molecule has 0 aliphatic heterocycles. The first kappa shape index (κ1) is 15.3. The molecule has 1 amide bonds. The van der Waals surface area contributed by atoms with Gasteiger partial charge in [-0.1, -0.05) is 13.8 Å². The average molecular weight is 257 g/mol. The molecule has 1 saturated carbocycles. The van der Waals surface area contributed by atoms with Crippen LogP contribution in [0.5, 0.6) is 0 Å². The van der Waals surface area contributed by atoms with E-state index in [4.69, 9.17) is 4.74 Å². The lowest BCUT2D eigenvalue weighted by Gasteiger charge is -2.42. The number of hydrogen-bond donors (Lipinski definition) is 2. The number of hydrogen-bond acceptors (Lipinski definition) is 3. The molecule has 0 bridgehead atoms. The topological polar surface area (TPSA) is 58.6 Å². The van der Waals surface area contributed by atoms with Crippen LogP contribution in [-0.2, 0) is 4.74 Å². The Kier molecular flexibility index (Phi) is 4.01. The zero-order valence-electron chi connectivity index (χ0n) is 12.5. The molecule has 0 unspecified atom stereocenters. The molecule has 1 fully saturated rings. The molecule has 0 heterocycles. The number of amides is 1. The quantitative estimate of drug-likeness (QED) is 0.799. The van der Waals surface area contributed by atoms with Gasteiger partial charge in [0, 0.05) is 12.1 Å². The fraction of sp³-hybridized carbons (Fsp3) is 0.929. The summed E-state index contributed by atoms with van der Waals surface area (Å²) in [6.07, 6.45) is 1.41. The fourth-order valence-corrected chi connectivity index (χ4v) is 2.67. The third-order valence-electron chi connectivity index (χ3n) is 4.43. The third-order valence-corrected chi connectivity index (χ3v) is 4.43. The van der Waals surface area contributed by atoms with Crippen LogP contribution in [0.15, 0.2) is 0 Å². The number of nitrogens with one attached hydrogen (secondary N) is 1. The molecule has 0 radical (unpaired) electrons. The second-order valence-electron chi connectivity index (χ2n) is 7.10. The summed E-state index contributed by atoms with van der Waals surface area (Å²) < 4.78 is 5.31. The minimum atomic E-state index is -0.487. The van der Waals surface area contributed by atoms with E-state index in [0.717, 1.165) is 12.8 Å². The van der Waals surface area contributed by atoms with Crippen molar-refractivity contribution in [2.24, 2.45) is 11.3 Å². The molecule has 4 heteroatoms. The molecule has 1 rings (SSSR count). The van der Waals surface area contributed by atoms with Crippen LogP contribution >= 0.6 is 0 Å². The Morgan fingerprint density at radius 1 is 1.39 bits per heavy atom. The number of ether oxygens (including phenoxy) is 1. The third kappa shape index (κ3) is 2.97. The van der Waals surface area contributed by atoms with E-state index in [0.29, 0.717) is 0 Å². The van der Waals surface area contributed by atoms with Crippen LogP contribution in [-0.4, -0.2) is 28.9 Å². The van der Waals surface area contributed by atoms with Gasteiger partial charge in [-0.15, -0.1) is 0 Å². The smallest absolute Gasteiger partial charge is 0.408 e. The molecule has 0 aromatic rings. The molecule has 18 heavy (non-hydrogen) atoms.